The summed E-state index contributed by atoms with van der Waals surface area (Å²) in [7, 11) is -1.16. The minimum Gasteiger partial charge on any atom is -0.467 e. The fourth-order valence-corrected chi connectivity index (χ4v) is 9.90. The number of ether oxygens (including phenoxy) is 1. The second-order valence-corrected chi connectivity index (χ2v) is 13.7. The maximum Gasteiger partial charge on any atom is 0.328 e. The highest BCUT2D eigenvalue weighted by atomic mass is 28.3. The Hall–Kier alpha value is -4.68. The Labute approximate surface area is 235 Å². The van der Waals surface area contributed by atoms with Gasteiger partial charge in [0.15, 0.2) is 8.07 Å². The minimum absolute atomic E-state index is 0.326. The van der Waals surface area contributed by atoms with Crippen LogP contribution in [0.3, 0.4) is 0 Å². The molecular weight excluding hydrogens is 512 g/mol. The Morgan fingerprint density at radius 2 is 1.32 bits per heavy atom. The molecule has 1 heterocycles. The van der Waals surface area contributed by atoms with Gasteiger partial charge in [-0.25, -0.2) is 4.79 Å². The molecule has 6 heteroatoms. The normalized spacial score (nSPS) is 12.3. The Morgan fingerprint density at radius 1 is 0.800 bits per heavy atom. The number of nitrogens with one attached hydrogen (secondary N) is 2. The lowest BCUT2D eigenvalue weighted by molar-refractivity contribution is -0.144. The van der Waals surface area contributed by atoms with Crippen molar-refractivity contribution in [3.05, 3.63) is 139 Å². The topological polar surface area (TPSA) is 71.2 Å². The van der Waals surface area contributed by atoms with Crippen molar-refractivity contribution < 1.29 is 14.3 Å². The quantitative estimate of drug-likeness (QED) is 0.120. The van der Waals surface area contributed by atoms with Crippen LogP contribution in [0.15, 0.2) is 134 Å². The van der Waals surface area contributed by atoms with Crippen LogP contribution in [-0.2, 0) is 20.7 Å². The molecule has 40 heavy (non-hydrogen) atoms. The van der Waals surface area contributed by atoms with Gasteiger partial charge >= 0.3 is 5.97 Å². The Balaban J connectivity index is 1.42. The van der Waals surface area contributed by atoms with Gasteiger partial charge in [-0.05, 0) is 39.3 Å². The van der Waals surface area contributed by atoms with Crippen molar-refractivity contribution in [3.63, 3.8) is 0 Å². The van der Waals surface area contributed by atoms with Crippen molar-refractivity contribution in [2.24, 2.45) is 0 Å². The van der Waals surface area contributed by atoms with E-state index in [2.05, 4.69) is 83.1 Å². The lowest BCUT2D eigenvalue weighted by Gasteiger charge is -2.33. The summed E-state index contributed by atoms with van der Waals surface area (Å²) in [6.45, 7) is 0. The van der Waals surface area contributed by atoms with Gasteiger partial charge in [-0.2, -0.15) is 0 Å². The molecule has 0 fully saturated rings. The fraction of sp³-hybridized carbons (Fsp3) is 0.118. The Morgan fingerprint density at radius 3 is 1.88 bits per heavy atom. The molecule has 0 saturated heterocycles. The largest absolute Gasteiger partial charge is 0.467 e. The summed E-state index contributed by atoms with van der Waals surface area (Å²) in [5.41, 5.74) is 1.93. The van der Waals surface area contributed by atoms with Gasteiger partial charge in [0.1, 0.15) is 6.04 Å². The third-order valence-electron chi connectivity index (χ3n) is 7.39. The number of hydrogen-bond donors (Lipinski definition) is 2. The van der Waals surface area contributed by atoms with Crippen molar-refractivity contribution in [1.29, 1.82) is 0 Å². The van der Waals surface area contributed by atoms with E-state index in [0.717, 1.165) is 16.5 Å². The summed E-state index contributed by atoms with van der Waals surface area (Å²) in [5, 5.41) is 7.70. The second kappa shape index (κ2) is 12.4. The predicted molar refractivity (Wildman–Crippen MR) is 164 cm³/mol. The van der Waals surface area contributed by atoms with Gasteiger partial charge in [0.2, 0.25) is 5.91 Å². The van der Waals surface area contributed by atoms with Crippen molar-refractivity contribution in [3.8, 4) is 0 Å². The van der Waals surface area contributed by atoms with Gasteiger partial charge in [-0.1, -0.05) is 115 Å². The predicted octanol–water partition coefficient (Wildman–Crippen LogP) is 4.09. The molecule has 0 bridgehead atoms. The molecular formula is C34H32N2O3Si. The van der Waals surface area contributed by atoms with Crippen molar-refractivity contribution in [2.45, 2.75) is 18.5 Å². The molecule has 0 spiro atoms. The number of esters is 1. The number of amides is 1. The maximum absolute atomic E-state index is 13.2. The number of fused-ring (bicyclic) bond motifs is 1. The molecule has 0 aliphatic rings. The molecule has 5 aromatic rings. The zero-order valence-electron chi connectivity index (χ0n) is 22.4. The van der Waals surface area contributed by atoms with E-state index < -0.39 is 20.1 Å². The number of methoxy groups -OCH3 is 1. The van der Waals surface area contributed by atoms with E-state index in [1.807, 2.05) is 54.7 Å². The monoisotopic (exact) mass is 544 g/mol. The van der Waals surface area contributed by atoms with Gasteiger partial charge < -0.3 is 15.0 Å². The summed E-state index contributed by atoms with van der Waals surface area (Å²) in [5.74, 6) is -0.805. The summed E-state index contributed by atoms with van der Waals surface area (Å²) < 4.78 is 5.03. The molecule has 1 aromatic heterocycles. The molecule has 200 valence electrons. The smallest absolute Gasteiger partial charge is 0.328 e. The van der Waals surface area contributed by atoms with Crippen molar-refractivity contribution in [2.75, 3.05) is 7.11 Å². The second-order valence-electron chi connectivity index (χ2n) is 9.76. The van der Waals surface area contributed by atoms with Crippen LogP contribution in [0.4, 0.5) is 0 Å². The summed E-state index contributed by atoms with van der Waals surface area (Å²) in [6.07, 6.45) is 5.71. The molecule has 0 unspecified atom stereocenters. The molecule has 0 saturated carbocycles. The number of aromatic nitrogens is 1. The van der Waals surface area contributed by atoms with E-state index in [1.54, 1.807) is 6.08 Å². The lowest BCUT2D eigenvalue weighted by Crippen LogP contribution is -2.66. The average molecular weight is 545 g/mol. The van der Waals surface area contributed by atoms with Gasteiger partial charge in [-0.15, -0.1) is 0 Å². The van der Waals surface area contributed by atoms with Crippen molar-refractivity contribution >= 4 is 46.4 Å². The minimum atomic E-state index is -2.50. The van der Waals surface area contributed by atoms with E-state index in [9.17, 15) is 9.59 Å². The van der Waals surface area contributed by atoms with Gasteiger partial charge in [-0.3, -0.25) is 4.79 Å². The summed E-state index contributed by atoms with van der Waals surface area (Å²) in [4.78, 5) is 29.0. The van der Waals surface area contributed by atoms with Crippen LogP contribution < -0.4 is 20.9 Å². The van der Waals surface area contributed by atoms with Crippen LogP contribution in [0, 0.1) is 0 Å². The lowest BCUT2D eigenvalue weighted by atomic mass is 10.0. The summed E-state index contributed by atoms with van der Waals surface area (Å²) in [6, 6.07) is 39.4. The van der Waals surface area contributed by atoms with E-state index in [0.29, 0.717) is 12.5 Å². The van der Waals surface area contributed by atoms with Crippen molar-refractivity contribution in [1.82, 2.24) is 10.3 Å². The Kier molecular flexibility index (Phi) is 8.37. The molecule has 1 atom stereocenters. The zero-order valence-corrected chi connectivity index (χ0v) is 23.4. The number of carbonyl (C=O) groups excluding carboxylic acids is 2. The molecule has 2 N–H and O–H groups in total. The summed E-state index contributed by atoms with van der Waals surface area (Å²) >= 11 is 0. The maximum atomic E-state index is 13.2. The first-order valence-corrected chi connectivity index (χ1v) is 15.6. The van der Waals surface area contributed by atoms with Crippen LogP contribution in [0.2, 0.25) is 6.04 Å². The Bertz CT molecular complexity index is 1500. The first-order chi connectivity index (χ1) is 19.6. The number of hydrogen-bond acceptors (Lipinski definition) is 3. The van der Waals surface area contributed by atoms with Gasteiger partial charge in [0.05, 0.1) is 7.11 Å². The standard InChI is InChI=1S/C34H32N2O3Si/c1-39-34(38)32(24-26-25-35-31-21-12-11-20-30(26)31)36-33(37)22-13-23-40(27-14-5-2-6-15-27,28-16-7-3-8-17-28)29-18-9-4-10-19-29/h2-22,25,32,35H,23-24H2,1H3,(H,36,37)/b22-13+/t32-/m0/s1. The molecule has 1 amide bonds. The number of H-pyrrole nitrogens is 1. The number of para-hydroxylation sites is 1. The van der Waals surface area contributed by atoms with Crippen LogP contribution in [0.5, 0.6) is 0 Å². The molecule has 0 aliphatic heterocycles. The van der Waals surface area contributed by atoms with Crippen LogP contribution in [-0.4, -0.2) is 38.1 Å². The molecule has 4 aromatic carbocycles. The van der Waals surface area contributed by atoms with Crippen LogP contribution in [0.1, 0.15) is 5.56 Å². The highest BCUT2D eigenvalue weighted by Crippen LogP contribution is 2.19. The fourth-order valence-electron chi connectivity index (χ4n) is 5.44. The third kappa shape index (κ3) is 5.67. The number of allylic oxidation sites excluding steroid dienone is 1. The molecule has 5 rings (SSSR count). The highest BCUT2D eigenvalue weighted by molar-refractivity contribution is 7.11. The van der Waals surface area contributed by atoms with E-state index in [4.69, 9.17) is 4.74 Å². The third-order valence-corrected chi connectivity index (χ3v) is 12.2. The number of rotatable bonds is 10. The van der Waals surface area contributed by atoms with E-state index in [1.165, 1.54) is 22.7 Å². The average Bonchev–Trinajstić information content (AvgIpc) is 3.42. The number of benzene rings is 4. The SMILES string of the molecule is COC(=O)[C@H](Cc1c[nH]c2ccccc12)NC(=O)/C=C/C[Si](c1ccccc1)(c1ccccc1)c1ccccc1. The molecule has 5 nitrogen and oxygen atoms in total. The van der Waals surface area contributed by atoms with E-state index in [-0.39, 0.29) is 5.91 Å². The van der Waals surface area contributed by atoms with Gasteiger partial charge in [0.25, 0.3) is 0 Å². The molecule has 0 aliphatic carbocycles. The first kappa shape index (κ1) is 26.9. The number of carbonyl (C=O) groups is 2. The zero-order chi connectivity index (χ0) is 27.8. The van der Waals surface area contributed by atoms with Crippen LogP contribution >= 0.6 is 0 Å². The number of aromatic amines is 1. The highest BCUT2D eigenvalue weighted by Gasteiger charge is 2.38. The van der Waals surface area contributed by atoms with E-state index >= 15 is 0 Å². The van der Waals surface area contributed by atoms with Crippen LogP contribution in [0.25, 0.3) is 10.9 Å². The van der Waals surface area contributed by atoms with Gasteiger partial charge in [0, 0.05) is 23.5 Å². The first-order valence-electron chi connectivity index (χ1n) is 13.4. The molecule has 0 radical (unpaired) electrons.